The highest BCUT2D eigenvalue weighted by atomic mass is 127. The van der Waals surface area contributed by atoms with Crippen LogP contribution in [0, 0.1) is 5.92 Å². The first-order valence-corrected chi connectivity index (χ1v) is 10.3. The number of nitrogens with zero attached hydrogens (tertiary/aromatic N) is 2. The van der Waals surface area contributed by atoms with Gasteiger partial charge in [-0.25, -0.2) is 0 Å². The number of guanidine groups is 1. The van der Waals surface area contributed by atoms with Crippen molar-refractivity contribution in [2.45, 2.75) is 51.0 Å². The molecule has 1 saturated heterocycles. The number of rotatable bonds is 5. The molecule has 2 unspecified atom stereocenters. The van der Waals surface area contributed by atoms with Crippen LogP contribution < -0.4 is 10.6 Å². The lowest BCUT2D eigenvalue weighted by atomic mass is 10.1. The van der Waals surface area contributed by atoms with Crippen LogP contribution in [0.15, 0.2) is 22.5 Å². The highest BCUT2D eigenvalue weighted by molar-refractivity contribution is 14.0. The lowest BCUT2D eigenvalue weighted by Crippen LogP contribution is -2.46. The molecule has 1 amide bonds. The van der Waals surface area contributed by atoms with E-state index in [0.717, 1.165) is 44.9 Å². The molecule has 26 heavy (non-hydrogen) atoms. The normalized spacial score (nSPS) is 22.2. The predicted octanol–water partition coefficient (Wildman–Crippen LogP) is 3.43. The van der Waals surface area contributed by atoms with E-state index in [2.05, 4.69) is 45.0 Å². The lowest BCUT2D eigenvalue weighted by Gasteiger charge is -2.22. The van der Waals surface area contributed by atoms with E-state index >= 15 is 0 Å². The minimum absolute atomic E-state index is 0. The van der Waals surface area contributed by atoms with Crippen LogP contribution in [-0.4, -0.2) is 49.5 Å². The molecular weight excluding hydrogens is 459 g/mol. The van der Waals surface area contributed by atoms with Gasteiger partial charge in [-0.1, -0.05) is 25.8 Å². The molecule has 2 fully saturated rings. The van der Waals surface area contributed by atoms with Crippen LogP contribution in [0.5, 0.6) is 0 Å². The fourth-order valence-corrected chi connectivity index (χ4v) is 4.61. The molecule has 0 aromatic carbocycles. The molecule has 0 radical (unpaired) electrons. The molecule has 7 heteroatoms. The van der Waals surface area contributed by atoms with Gasteiger partial charge in [0.25, 0.3) is 0 Å². The maximum absolute atomic E-state index is 12.5. The van der Waals surface area contributed by atoms with Gasteiger partial charge in [0.2, 0.25) is 5.91 Å². The number of thiophene rings is 1. The SMILES string of the molecule is CN=C(NCC(C)c1cccs1)NC1CCN(C(=O)C2CCCC2)C1.I. The first-order valence-electron chi connectivity index (χ1n) is 9.46. The number of amides is 1. The number of hydrogen-bond donors (Lipinski definition) is 2. The lowest BCUT2D eigenvalue weighted by molar-refractivity contribution is -0.134. The highest BCUT2D eigenvalue weighted by Crippen LogP contribution is 2.27. The Bertz CT molecular complexity index is 586. The first kappa shape index (κ1) is 21.5. The third-order valence-corrected chi connectivity index (χ3v) is 6.48. The van der Waals surface area contributed by atoms with Crippen molar-refractivity contribution >= 4 is 47.2 Å². The zero-order chi connectivity index (χ0) is 17.6. The molecule has 1 aliphatic heterocycles. The summed E-state index contributed by atoms with van der Waals surface area (Å²) in [7, 11) is 1.81. The number of carbonyl (C=O) groups excluding carboxylic acids is 1. The molecule has 3 rings (SSSR count). The van der Waals surface area contributed by atoms with Crippen molar-refractivity contribution in [2.75, 3.05) is 26.7 Å². The fourth-order valence-electron chi connectivity index (χ4n) is 3.82. The van der Waals surface area contributed by atoms with Gasteiger partial charge in [0.1, 0.15) is 0 Å². The van der Waals surface area contributed by atoms with Gasteiger partial charge >= 0.3 is 0 Å². The van der Waals surface area contributed by atoms with E-state index in [0.29, 0.717) is 17.9 Å². The Morgan fingerprint density at radius 2 is 2.15 bits per heavy atom. The van der Waals surface area contributed by atoms with Crippen LogP contribution >= 0.6 is 35.3 Å². The van der Waals surface area contributed by atoms with E-state index < -0.39 is 0 Å². The smallest absolute Gasteiger partial charge is 0.225 e. The van der Waals surface area contributed by atoms with Crippen LogP contribution in [0.25, 0.3) is 0 Å². The largest absolute Gasteiger partial charge is 0.356 e. The number of aliphatic imine (C=N–C) groups is 1. The predicted molar refractivity (Wildman–Crippen MR) is 120 cm³/mol. The van der Waals surface area contributed by atoms with Gasteiger partial charge in [-0.3, -0.25) is 9.79 Å². The molecule has 1 saturated carbocycles. The van der Waals surface area contributed by atoms with E-state index in [4.69, 9.17) is 0 Å². The van der Waals surface area contributed by atoms with Gasteiger partial charge in [-0.05, 0) is 30.7 Å². The molecule has 0 spiro atoms. The van der Waals surface area contributed by atoms with E-state index in [1.165, 1.54) is 17.7 Å². The topological polar surface area (TPSA) is 56.7 Å². The maximum atomic E-state index is 12.5. The summed E-state index contributed by atoms with van der Waals surface area (Å²) in [5.41, 5.74) is 0. The summed E-state index contributed by atoms with van der Waals surface area (Å²) >= 11 is 1.79. The monoisotopic (exact) mass is 490 g/mol. The molecule has 0 bridgehead atoms. The second-order valence-corrected chi connectivity index (χ2v) is 8.24. The second kappa shape index (κ2) is 10.5. The van der Waals surface area contributed by atoms with Gasteiger partial charge in [0, 0.05) is 49.4 Å². The Labute approximate surface area is 178 Å². The third kappa shape index (κ3) is 5.58. The molecule has 1 aromatic heterocycles. The van der Waals surface area contributed by atoms with Gasteiger partial charge < -0.3 is 15.5 Å². The van der Waals surface area contributed by atoms with Crippen molar-refractivity contribution in [1.29, 1.82) is 0 Å². The summed E-state index contributed by atoms with van der Waals surface area (Å²) in [5.74, 6) is 1.95. The van der Waals surface area contributed by atoms with Crippen LogP contribution in [-0.2, 0) is 4.79 Å². The average Bonchev–Trinajstić information content (AvgIpc) is 3.39. The molecule has 2 atom stereocenters. The third-order valence-electron chi connectivity index (χ3n) is 5.37. The van der Waals surface area contributed by atoms with Crippen LogP contribution in [0.2, 0.25) is 0 Å². The Morgan fingerprint density at radius 3 is 2.81 bits per heavy atom. The minimum atomic E-state index is 0. The molecule has 1 aliphatic carbocycles. The van der Waals surface area contributed by atoms with Gasteiger partial charge in [-0.2, -0.15) is 0 Å². The van der Waals surface area contributed by atoms with E-state index in [-0.39, 0.29) is 29.9 Å². The summed E-state index contributed by atoms with van der Waals surface area (Å²) in [6.45, 7) is 4.76. The summed E-state index contributed by atoms with van der Waals surface area (Å²) in [4.78, 5) is 20.3. The van der Waals surface area contributed by atoms with Crippen molar-refractivity contribution in [3.05, 3.63) is 22.4 Å². The average molecular weight is 490 g/mol. The molecule has 5 nitrogen and oxygen atoms in total. The first-order chi connectivity index (χ1) is 12.2. The number of hydrogen-bond acceptors (Lipinski definition) is 3. The van der Waals surface area contributed by atoms with Gasteiger partial charge in [0.15, 0.2) is 5.96 Å². The van der Waals surface area contributed by atoms with Crippen LogP contribution in [0.1, 0.15) is 49.8 Å². The minimum Gasteiger partial charge on any atom is -0.356 e. The zero-order valence-corrected chi connectivity index (χ0v) is 18.9. The summed E-state index contributed by atoms with van der Waals surface area (Å²) in [6.07, 6.45) is 5.59. The number of nitrogens with one attached hydrogen (secondary N) is 2. The number of likely N-dealkylation sites (tertiary alicyclic amines) is 1. The Kier molecular flexibility index (Phi) is 8.66. The standard InChI is InChI=1S/C19H30N4OS.HI/c1-14(17-8-5-11-25-17)12-21-19(20-2)22-16-9-10-23(13-16)18(24)15-6-3-4-7-15;/h5,8,11,14-16H,3-4,6-7,9-10,12-13H2,1-2H3,(H2,20,21,22);1H. The highest BCUT2D eigenvalue weighted by Gasteiger charge is 2.32. The Hall–Kier alpha value is -0.830. The van der Waals surface area contributed by atoms with Crippen molar-refractivity contribution in [3.63, 3.8) is 0 Å². The van der Waals surface area contributed by atoms with Crippen molar-refractivity contribution in [2.24, 2.45) is 10.9 Å². The molecule has 146 valence electrons. The summed E-state index contributed by atoms with van der Waals surface area (Å²) in [6, 6.07) is 4.57. The summed E-state index contributed by atoms with van der Waals surface area (Å²) in [5, 5.41) is 9.03. The van der Waals surface area contributed by atoms with Crippen molar-refractivity contribution in [1.82, 2.24) is 15.5 Å². The molecule has 2 N–H and O–H groups in total. The van der Waals surface area contributed by atoms with E-state index in [1.54, 1.807) is 11.3 Å². The molecule has 1 aromatic rings. The number of halogens is 1. The van der Waals surface area contributed by atoms with Crippen LogP contribution in [0.3, 0.4) is 0 Å². The van der Waals surface area contributed by atoms with Crippen molar-refractivity contribution in [3.8, 4) is 0 Å². The van der Waals surface area contributed by atoms with Gasteiger partial charge in [0.05, 0.1) is 0 Å². The number of carbonyl (C=O) groups is 1. The second-order valence-electron chi connectivity index (χ2n) is 7.27. The quantitative estimate of drug-likeness (QED) is 0.378. The fraction of sp³-hybridized carbons (Fsp3) is 0.684. The Morgan fingerprint density at radius 1 is 1.38 bits per heavy atom. The molecular formula is C19H31IN4OS. The zero-order valence-electron chi connectivity index (χ0n) is 15.7. The molecule has 2 heterocycles. The van der Waals surface area contributed by atoms with Gasteiger partial charge in [-0.15, -0.1) is 35.3 Å². The van der Waals surface area contributed by atoms with E-state index in [9.17, 15) is 4.79 Å². The summed E-state index contributed by atoms with van der Waals surface area (Å²) < 4.78 is 0. The van der Waals surface area contributed by atoms with Crippen LogP contribution in [0.4, 0.5) is 0 Å². The molecule has 2 aliphatic rings. The van der Waals surface area contributed by atoms with Crippen molar-refractivity contribution < 1.29 is 4.79 Å². The maximum Gasteiger partial charge on any atom is 0.225 e. The van der Waals surface area contributed by atoms with E-state index in [1.807, 2.05) is 7.05 Å². The Balaban J connectivity index is 0.00000243.